The fourth-order valence-electron chi connectivity index (χ4n) is 3.44. The number of aryl methyl sites for hydroxylation is 1. The molecule has 0 bridgehead atoms. The predicted octanol–water partition coefficient (Wildman–Crippen LogP) is 4.48. The Hall–Kier alpha value is -3.39. The second-order valence-electron chi connectivity index (χ2n) is 7.37. The van der Waals surface area contributed by atoms with Crippen molar-refractivity contribution in [3.63, 3.8) is 0 Å². The van der Waals surface area contributed by atoms with Gasteiger partial charge in [-0.1, -0.05) is 36.8 Å². The third kappa shape index (κ3) is 4.39. The minimum absolute atomic E-state index is 0.0844. The molecule has 1 aliphatic heterocycles. The van der Waals surface area contributed by atoms with Crippen molar-refractivity contribution in [2.45, 2.75) is 37.6 Å². The summed E-state index contributed by atoms with van der Waals surface area (Å²) in [5.41, 5.74) is 3.01. The molecule has 31 heavy (non-hydrogen) atoms. The van der Waals surface area contributed by atoms with Gasteiger partial charge < -0.3 is 4.42 Å². The van der Waals surface area contributed by atoms with E-state index < -0.39 is 10.0 Å². The van der Waals surface area contributed by atoms with E-state index in [4.69, 9.17) is 4.42 Å². The Morgan fingerprint density at radius 2 is 1.84 bits per heavy atom. The van der Waals surface area contributed by atoms with Crippen molar-refractivity contribution in [2.24, 2.45) is 5.10 Å². The molecule has 2 aromatic carbocycles. The molecule has 1 N–H and O–H groups in total. The number of sulfonamides is 1. The molecule has 1 aromatic heterocycles. The van der Waals surface area contributed by atoms with Crippen LogP contribution in [-0.4, -0.2) is 25.0 Å². The molecule has 1 atom stereocenters. The lowest BCUT2D eigenvalue weighted by Crippen LogP contribution is -2.25. The highest BCUT2D eigenvalue weighted by Gasteiger charge is 2.34. The predicted molar refractivity (Wildman–Crippen MR) is 118 cm³/mol. The van der Waals surface area contributed by atoms with Crippen LogP contribution in [0.3, 0.4) is 0 Å². The molecule has 2 heterocycles. The zero-order valence-corrected chi connectivity index (χ0v) is 18.1. The molecule has 0 spiro atoms. The maximum Gasteiger partial charge on any atom is 0.261 e. The van der Waals surface area contributed by atoms with Gasteiger partial charge in [0, 0.05) is 18.5 Å². The molecule has 0 radical (unpaired) electrons. The standard InChI is InChI=1S/C23H23N3O4S/c1-3-23(27)26-21(22-5-4-14-30-22)15-20(24-26)17-8-10-18(11-9-17)25-31(28,29)19-12-6-16(2)7-13-19/h4-14,21,25H,3,15H2,1-2H3/t21-/m0/s1. The van der Waals surface area contributed by atoms with Crippen LogP contribution in [0.2, 0.25) is 0 Å². The van der Waals surface area contributed by atoms with Crippen molar-refractivity contribution in [1.82, 2.24) is 5.01 Å². The lowest BCUT2D eigenvalue weighted by atomic mass is 10.0. The lowest BCUT2D eigenvalue weighted by Gasteiger charge is -2.18. The molecule has 7 nitrogen and oxygen atoms in total. The molecule has 160 valence electrons. The van der Waals surface area contributed by atoms with Crippen molar-refractivity contribution in [3.8, 4) is 0 Å². The van der Waals surface area contributed by atoms with Crippen LogP contribution in [-0.2, 0) is 14.8 Å². The second kappa shape index (κ2) is 8.39. The van der Waals surface area contributed by atoms with Gasteiger partial charge in [0.05, 0.1) is 16.9 Å². The first-order chi connectivity index (χ1) is 14.9. The molecule has 1 aliphatic rings. The fraction of sp³-hybridized carbons (Fsp3) is 0.217. The second-order valence-corrected chi connectivity index (χ2v) is 9.05. The van der Waals surface area contributed by atoms with E-state index in [9.17, 15) is 13.2 Å². The molecule has 0 aliphatic carbocycles. The smallest absolute Gasteiger partial charge is 0.261 e. The van der Waals surface area contributed by atoms with E-state index in [2.05, 4.69) is 9.82 Å². The minimum Gasteiger partial charge on any atom is -0.467 e. The van der Waals surface area contributed by atoms with Crippen LogP contribution in [0, 0.1) is 6.92 Å². The van der Waals surface area contributed by atoms with Gasteiger partial charge in [0.25, 0.3) is 10.0 Å². The summed E-state index contributed by atoms with van der Waals surface area (Å²) < 4.78 is 33.3. The minimum atomic E-state index is -3.67. The van der Waals surface area contributed by atoms with Crippen LogP contribution in [0.5, 0.6) is 0 Å². The summed E-state index contributed by atoms with van der Waals surface area (Å²) in [6.07, 6.45) is 2.44. The summed E-state index contributed by atoms with van der Waals surface area (Å²) in [4.78, 5) is 12.6. The van der Waals surface area contributed by atoms with Crippen molar-refractivity contribution in [3.05, 3.63) is 83.8 Å². The number of hydrogen-bond donors (Lipinski definition) is 1. The Morgan fingerprint density at radius 3 is 2.45 bits per heavy atom. The average Bonchev–Trinajstić information content (AvgIpc) is 3.44. The first kappa shape index (κ1) is 20.9. The van der Waals surface area contributed by atoms with Crippen LogP contribution >= 0.6 is 0 Å². The normalized spacial score (nSPS) is 16.3. The molecular weight excluding hydrogens is 414 g/mol. The van der Waals surface area contributed by atoms with E-state index in [1.165, 1.54) is 5.01 Å². The van der Waals surface area contributed by atoms with Crippen LogP contribution in [0.4, 0.5) is 5.69 Å². The molecule has 0 fully saturated rings. The number of nitrogens with zero attached hydrogens (tertiary/aromatic N) is 2. The molecule has 4 rings (SSSR count). The summed E-state index contributed by atoms with van der Waals surface area (Å²) in [7, 11) is -3.67. The van der Waals surface area contributed by atoms with E-state index in [1.807, 2.05) is 13.0 Å². The molecule has 0 saturated carbocycles. The van der Waals surface area contributed by atoms with Gasteiger partial charge in [-0.05, 0) is 48.9 Å². The molecule has 0 unspecified atom stereocenters. The fourth-order valence-corrected chi connectivity index (χ4v) is 4.50. The topological polar surface area (TPSA) is 92.0 Å². The van der Waals surface area contributed by atoms with Crippen molar-refractivity contribution < 1.29 is 17.6 Å². The summed E-state index contributed by atoms with van der Waals surface area (Å²) in [5, 5.41) is 6.00. The molecule has 0 saturated heterocycles. The van der Waals surface area contributed by atoms with Gasteiger partial charge in [0.1, 0.15) is 11.8 Å². The van der Waals surface area contributed by atoms with Crippen molar-refractivity contribution in [1.29, 1.82) is 0 Å². The number of amides is 1. The molecular formula is C23H23N3O4S. The van der Waals surface area contributed by atoms with Crippen LogP contribution in [0.15, 0.2) is 81.3 Å². The SMILES string of the molecule is CCC(=O)N1N=C(c2ccc(NS(=O)(=O)c3ccc(C)cc3)cc2)C[C@H]1c1ccco1. The number of benzene rings is 2. The number of furan rings is 1. The van der Waals surface area contributed by atoms with Gasteiger partial charge in [-0.3, -0.25) is 9.52 Å². The number of hydrogen-bond acceptors (Lipinski definition) is 5. The Balaban J connectivity index is 1.54. The summed E-state index contributed by atoms with van der Waals surface area (Å²) >= 11 is 0. The quantitative estimate of drug-likeness (QED) is 0.616. The van der Waals surface area contributed by atoms with E-state index in [0.29, 0.717) is 24.3 Å². The number of carbonyl (C=O) groups is 1. The number of rotatable bonds is 6. The maximum atomic E-state index is 12.6. The van der Waals surface area contributed by atoms with E-state index in [0.717, 1.165) is 16.8 Å². The van der Waals surface area contributed by atoms with Gasteiger partial charge in [-0.25, -0.2) is 13.4 Å². The number of carbonyl (C=O) groups excluding carboxylic acids is 1. The Morgan fingerprint density at radius 1 is 1.13 bits per heavy atom. The van der Waals surface area contributed by atoms with Gasteiger partial charge in [-0.15, -0.1) is 0 Å². The monoisotopic (exact) mass is 437 g/mol. The highest BCUT2D eigenvalue weighted by molar-refractivity contribution is 7.92. The van der Waals surface area contributed by atoms with Gasteiger partial charge in [0.15, 0.2) is 0 Å². The van der Waals surface area contributed by atoms with Crippen LogP contribution < -0.4 is 4.72 Å². The van der Waals surface area contributed by atoms with E-state index in [1.54, 1.807) is 67.8 Å². The van der Waals surface area contributed by atoms with Crippen LogP contribution in [0.1, 0.15) is 42.7 Å². The molecule has 8 heteroatoms. The first-order valence-electron chi connectivity index (χ1n) is 10.0. The Kier molecular flexibility index (Phi) is 5.65. The summed E-state index contributed by atoms with van der Waals surface area (Å²) in [6, 6.07) is 17.0. The Bertz CT molecular complexity index is 1200. The lowest BCUT2D eigenvalue weighted by molar-refractivity contribution is -0.133. The third-order valence-electron chi connectivity index (χ3n) is 5.14. The van der Waals surface area contributed by atoms with E-state index >= 15 is 0 Å². The number of anilines is 1. The van der Waals surface area contributed by atoms with Crippen molar-refractivity contribution in [2.75, 3.05) is 4.72 Å². The summed E-state index contributed by atoms with van der Waals surface area (Å²) in [5.74, 6) is 0.599. The zero-order valence-electron chi connectivity index (χ0n) is 17.3. The van der Waals surface area contributed by atoms with E-state index in [-0.39, 0.29) is 16.8 Å². The highest BCUT2D eigenvalue weighted by Crippen LogP contribution is 2.33. The zero-order chi connectivity index (χ0) is 22.0. The third-order valence-corrected chi connectivity index (χ3v) is 6.54. The molecule has 1 amide bonds. The Labute approximate surface area is 181 Å². The number of nitrogens with one attached hydrogen (secondary N) is 1. The highest BCUT2D eigenvalue weighted by atomic mass is 32.2. The number of hydrazone groups is 1. The largest absolute Gasteiger partial charge is 0.467 e. The summed E-state index contributed by atoms with van der Waals surface area (Å²) in [6.45, 7) is 3.70. The molecule has 3 aromatic rings. The average molecular weight is 438 g/mol. The maximum absolute atomic E-state index is 12.6. The van der Waals surface area contributed by atoms with Crippen LogP contribution in [0.25, 0.3) is 0 Å². The van der Waals surface area contributed by atoms with Gasteiger partial charge >= 0.3 is 0 Å². The van der Waals surface area contributed by atoms with Crippen molar-refractivity contribution >= 4 is 27.3 Å². The first-order valence-corrected chi connectivity index (χ1v) is 11.5. The van der Waals surface area contributed by atoms with Gasteiger partial charge in [0.2, 0.25) is 5.91 Å². The van der Waals surface area contributed by atoms with Gasteiger partial charge in [-0.2, -0.15) is 5.10 Å².